The number of aryl methyl sites for hydroxylation is 1. The molecule has 0 saturated carbocycles. The van der Waals surface area contributed by atoms with Gasteiger partial charge in [-0.1, -0.05) is 6.07 Å². The van der Waals surface area contributed by atoms with Crippen molar-refractivity contribution in [1.29, 1.82) is 0 Å². The van der Waals surface area contributed by atoms with Gasteiger partial charge in [0.05, 0.1) is 6.61 Å². The lowest BCUT2D eigenvalue weighted by Crippen LogP contribution is -2.00. The maximum Gasteiger partial charge on any atom is 0.160 e. The molecule has 0 amide bonds. The molecule has 0 aliphatic heterocycles. The van der Waals surface area contributed by atoms with Crippen LogP contribution in [-0.2, 0) is 6.42 Å². The molecular formula is C9H11N3O. The zero-order chi connectivity index (χ0) is 9.26. The Labute approximate surface area is 75.8 Å². The van der Waals surface area contributed by atoms with Crippen molar-refractivity contribution in [3.63, 3.8) is 0 Å². The van der Waals surface area contributed by atoms with Crippen LogP contribution in [0.3, 0.4) is 0 Å². The number of nitrogens with zero attached hydrogens (tertiary/aromatic N) is 3. The van der Waals surface area contributed by atoms with Crippen molar-refractivity contribution in [3.05, 3.63) is 29.7 Å². The fraction of sp³-hybridized carbons (Fsp3) is 0.333. The first kappa shape index (κ1) is 8.19. The molecule has 0 aliphatic carbocycles. The molecule has 2 aromatic heterocycles. The minimum Gasteiger partial charge on any atom is -0.396 e. The van der Waals surface area contributed by atoms with Crippen LogP contribution >= 0.6 is 0 Å². The summed E-state index contributed by atoms with van der Waals surface area (Å²) in [6.07, 6.45) is 0.548. The summed E-state index contributed by atoms with van der Waals surface area (Å²) in [7, 11) is 0. The third-order valence-corrected chi connectivity index (χ3v) is 2.03. The van der Waals surface area contributed by atoms with Gasteiger partial charge in [-0.2, -0.15) is 0 Å². The molecule has 0 aromatic carbocycles. The van der Waals surface area contributed by atoms with Crippen molar-refractivity contribution < 1.29 is 5.11 Å². The monoisotopic (exact) mass is 177 g/mol. The highest BCUT2D eigenvalue weighted by Gasteiger charge is 2.05. The summed E-state index contributed by atoms with van der Waals surface area (Å²) in [5.41, 5.74) is 1.93. The summed E-state index contributed by atoms with van der Waals surface area (Å²) >= 11 is 0. The van der Waals surface area contributed by atoms with Gasteiger partial charge in [0, 0.05) is 12.1 Å². The average molecular weight is 177 g/mol. The zero-order valence-electron chi connectivity index (χ0n) is 7.44. The van der Waals surface area contributed by atoms with Crippen molar-refractivity contribution in [2.45, 2.75) is 13.3 Å². The van der Waals surface area contributed by atoms with E-state index in [9.17, 15) is 0 Å². The van der Waals surface area contributed by atoms with Crippen LogP contribution in [0.4, 0.5) is 0 Å². The topological polar surface area (TPSA) is 50.4 Å². The average Bonchev–Trinajstić information content (AvgIpc) is 2.51. The summed E-state index contributed by atoms with van der Waals surface area (Å²) < 4.78 is 1.95. The maximum absolute atomic E-state index is 8.81. The summed E-state index contributed by atoms with van der Waals surface area (Å²) in [5, 5.41) is 16.8. The Morgan fingerprint density at radius 3 is 3.00 bits per heavy atom. The smallest absolute Gasteiger partial charge is 0.160 e. The van der Waals surface area contributed by atoms with Gasteiger partial charge in [-0.15, -0.1) is 10.2 Å². The van der Waals surface area contributed by atoms with E-state index in [2.05, 4.69) is 10.2 Å². The largest absolute Gasteiger partial charge is 0.396 e. The van der Waals surface area contributed by atoms with Gasteiger partial charge in [0.2, 0.25) is 0 Å². The Kier molecular flexibility index (Phi) is 1.98. The third-order valence-electron chi connectivity index (χ3n) is 2.03. The highest BCUT2D eigenvalue weighted by molar-refractivity contribution is 5.39. The molecule has 1 N–H and O–H groups in total. The van der Waals surface area contributed by atoms with E-state index < -0.39 is 0 Å². The number of hydrogen-bond acceptors (Lipinski definition) is 3. The van der Waals surface area contributed by atoms with Crippen molar-refractivity contribution in [2.75, 3.05) is 6.61 Å². The standard InChI is InChI=1S/C9H11N3O/c1-7-3-2-4-8-10-11-9(5-6-13)12(7)8/h2-4,13H,5-6H2,1H3. The highest BCUT2D eigenvalue weighted by Crippen LogP contribution is 2.07. The summed E-state index contributed by atoms with van der Waals surface area (Å²) in [6.45, 7) is 2.10. The van der Waals surface area contributed by atoms with Gasteiger partial charge in [-0.05, 0) is 19.1 Å². The SMILES string of the molecule is Cc1cccc2nnc(CCO)n12. The van der Waals surface area contributed by atoms with Crippen molar-refractivity contribution in [3.8, 4) is 0 Å². The first-order valence-corrected chi connectivity index (χ1v) is 4.23. The second-order valence-corrected chi connectivity index (χ2v) is 2.95. The van der Waals surface area contributed by atoms with E-state index in [-0.39, 0.29) is 6.61 Å². The van der Waals surface area contributed by atoms with E-state index in [1.54, 1.807) is 0 Å². The van der Waals surface area contributed by atoms with Crippen LogP contribution in [0.1, 0.15) is 11.5 Å². The molecule has 0 aliphatic rings. The van der Waals surface area contributed by atoms with Gasteiger partial charge in [0.25, 0.3) is 0 Å². The molecule has 4 heteroatoms. The Morgan fingerprint density at radius 2 is 2.23 bits per heavy atom. The summed E-state index contributed by atoms with van der Waals surface area (Å²) in [6, 6.07) is 5.85. The fourth-order valence-corrected chi connectivity index (χ4v) is 1.43. The van der Waals surface area contributed by atoms with Crippen LogP contribution in [0.25, 0.3) is 5.65 Å². The Balaban J connectivity index is 2.64. The molecule has 0 atom stereocenters. The number of hydrogen-bond donors (Lipinski definition) is 1. The molecule has 4 nitrogen and oxygen atoms in total. The molecule has 0 fully saturated rings. The molecule has 68 valence electrons. The van der Waals surface area contributed by atoms with Gasteiger partial charge in [0.1, 0.15) is 5.82 Å². The second-order valence-electron chi connectivity index (χ2n) is 2.95. The van der Waals surface area contributed by atoms with Crippen LogP contribution in [0, 0.1) is 6.92 Å². The third kappa shape index (κ3) is 1.29. The lowest BCUT2D eigenvalue weighted by Gasteiger charge is -2.00. The Bertz CT molecular complexity index is 422. The van der Waals surface area contributed by atoms with Crippen molar-refractivity contribution in [1.82, 2.24) is 14.6 Å². The molecule has 2 heterocycles. The zero-order valence-corrected chi connectivity index (χ0v) is 7.44. The van der Waals surface area contributed by atoms with E-state index >= 15 is 0 Å². The molecule has 2 rings (SSSR count). The highest BCUT2D eigenvalue weighted by atomic mass is 16.3. The Morgan fingerprint density at radius 1 is 1.38 bits per heavy atom. The van der Waals surface area contributed by atoms with Crippen molar-refractivity contribution >= 4 is 5.65 Å². The lowest BCUT2D eigenvalue weighted by molar-refractivity contribution is 0.296. The number of pyridine rings is 1. The van der Waals surface area contributed by atoms with E-state index in [0.29, 0.717) is 6.42 Å². The minimum absolute atomic E-state index is 0.106. The number of aromatic nitrogens is 3. The van der Waals surface area contributed by atoms with E-state index in [0.717, 1.165) is 17.2 Å². The second kappa shape index (κ2) is 3.14. The lowest BCUT2D eigenvalue weighted by atomic mass is 10.3. The van der Waals surface area contributed by atoms with E-state index in [1.807, 2.05) is 29.5 Å². The normalized spacial score (nSPS) is 10.9. The van der Waals surface area contributed by atoms with Gasteiger partial charge in [-0.25, -0.2) is 0 Å². The first-order chi connectivity index (χ1) is 6.33. The number of fused-ring (bicyclic) bond motifs is 1. The predicted octanol–water partition coefficient (Wildman–Crippen LogP) is 0.573. The predicted molar refractivity (Wildman–Crippen MR) is 48.5 cm³/mol. The molecule has 0 bridgehead atoms. The fourth-order valence-electron chi connectivity index (χ4n) is 1.43. The minimum atomic E-state index is 0.106. The molecule has 0 unspecified atom stereocenters. The molecule has 0 radical (unpaired) electrons. The van der Waals surface area contributed by atoms with Gasteiger partial charge in [0.15, 0.2) is 5.65 Å². The number of aliphatic hydroxyl groups is 1. The first-order valence-electron chi connectivity index (χ1n) is 4.23. The number of rotatable bonds is 2. The van der Waals surface area contributed by atoms with E-state index in [4.69, 9.17) is 5.11 Å². The molecule has 0 saturated heterocycles. The van der Waals surface area contributed by atoms with Gasteiger partial charge in [-0.3, -0.25) is 4.40 Å². The van der Waals surface area contributed by atoms with Gasteiger partial charge < -0.3 is 5.11 Å². The van der Waals surface area contributed by atoms with Crippen LogP contribution in [0.5, 0.6) is 0 Å². The van der Waals surface area contributed by atoms with Gasteiger partial charge >= 0.3 is 0 Å². The number of aliphatic hydroxyl groups excluding tert-OH is 1. The van der Waals surface area contributed by atoms with Crippen molar-refractivity contribution in [2.24, 2.45) is 0 Å². The summed E-state index contributed by atoms with van der Waals surface area (Å²) in [5.74, 6) is 0.815. The molecule has 0 spiro atoms. The van der Waals surface area contributed by atoms with E-state index in [1.165, 1.54) is 0 Å². The quantitative estimate of drug-likeness (QED) is 0.729. The Hall–Kier alpha value is -1.42. The summed E-state index contributed by atoms with van der Waals surface area (Å²) in [4.78, 5) is 0. The molecular weight excluding hydrogens is 166 g/mol. The van der Waals surface area contributed by atoms with Crippen LogP contribution in [-0.4, -0.2) is 26.3 Å². The van der Waals surface area contributed by atoms with Crippen LogP contribution in [0.15, 0.2) is 18.2 Å². The molecule has 2 aromatic rings. The van der Waals surface area contributed by atoms with Crippen LogP contribution in [0.2, 0.25) is 0 Å². The van der Waals surface area contributed by atoms with Crippen LogP contribution < -0.4 is 0 Å². The maximum atomic E-state index is 8.81. The molecule has 13 heavy (non-hydrogen) atoms.